The van der Waals surface area contributed by atoms with Crippen molar-refractivity contribution < 1.29 is 28.7 Å². The van der Waals surface area contributed by atoms with Crippen LogP contribution in [0.4, 0.5) is 0 Å². The van der Waals surface area contributed by atoms with Crippen LogP contribution in [-0.4, -0.2) is 4.90 Å². The fourth-order valence-corrected chi connectivity index (χ4v) is 2.51. The summed E-state index contributed by atoms with van der Waals surface area (Å²) < 4.78 is 20.9. The van der Waals surface area contributed by atoms with Crippen molar-refractivity contribution in [3.05, 3.63) is 0 Å². The van der Waals surface area contributed by atoms with Gasteiger partial charge in [-0.1, -0.05) is 29.0 Å². The average molecular weight is 214 g/mol. The Kier molecular flexibility index (Phi) is 3.30. The first-order valence-corrected chi connectivity index (χ1v) is 6.19. The Bertz CT molecular complexity index is 226. The van der Waals surface area contributed by atoms with E-state index in [1.807, 2.05) is 0 Å². The summed E-state index contributed by atoms with van der Waals surface area (Å²) in [5, 5.41) is 0. The van der Waals surface area contributed by atoms with Gasteiger partial charge in [-0.25, -0.2) is 0 Å². The zero-order chi connectivity index (χ0) is 10.2. The molecule has 0 unspecified atom stereocenters. The molecule has 6 nitrogen and oxygen atoms in total. The molecule has 0 spiro atoms. The topological polar surface area (TPSA) is 126 Å². The van der Waals surface area contributed by atoms with Gasteiger partial charge in [0.1, 0.15) is 0 Å². The monoisotopic (exact) mass is 214 g/mol. The van der Waals surface area contributed by atoms with Crippen LogP contribution in [0.15, 0.2) is 0 Å². The second-order valence-corrected chi connectivity index (χ2v) is 6.88. The van der Waals surface area contributed by atoms with Crippen molar-refractivity contribution in [2.24, 2.45) is 0 Å². The van der Waals surface area contributed by atoms with E-state index >= 15 is 0 Å². The highest BCUT2D eigenvalue weighted by atomic mass is 31.2. The van der Waals surface area contributed by atoms with Gasteiger partial charge in [0.15, 0.2) is 0 Å². The Morgan fingerprint density at radius 1 is 1.08 bits per heavy atom. The highest BCUT2D eigenvalue weighted by Crippen LogP contribution is 2.62. The Morgan fingerprint density at radius 2 is 1.33 bits per heavy atom. The Hall–Kier alpha value is 0.300. The summed E-state index contributed by atoms with van der Waals surface area (Å²) in [7, 11) is -10.8. The first-order valence-electron chi connectivity index (χ1n) is 3.10. The third-order valence-electron chi connectivity index (χ3n) is 1.85. The molecule has 0 atom stereocenters. The highest BCUT2D eigenvalue weighted by molar-refractivity contribution is 7.69. The molecule has 0 aliphatic heterocycles. The van der Waals surface area contributed by atoms with Crippen LogP contribution in [0.2, 0.25) is 0 Å². The molecule has 0 bridgehead atoms. The summed E-state index contributed by atoms with van der Waals surface area (Å²) in [5.74, 6) is 0. The molecule has 0 heterocycles. The second-order valence-electron chi connectivity index (χ2n) is 2.57. The molecule has 0 amide bonds. The van der Waals surface area contributed by atoms with Crippen LogP contribution in [0.25, 0.3) is 0 Å². The van der Waals surface area contributed by atoms with Crippen LogP contribution in [-0.2, 0) is 9.13 Å². The second kappa shape index (κ2) is 3.22. The molecule has 12 heavy (non-hydrogen) atoms. The van der Waals surface area contributed by atoms with E-state index < -0.39 is 26.5 Å². The van der Waals surface area contributed by atoms with E-state index in [1.54, 1.807) is 0 Å². The summed E-state index contributed by atoms with van der Waals surface area (Å²) in [6.07, 6.45) is -0.526. The van der Waals surface area contributed by atoms with E-state index in [2.05, 4.69) is 0 Å². The van der Waals surface area contributed by atoms with E-state index in [1.165, 1.54) is 0 Å². The molecule has 74 valence electrons. The van der Waals surface area contributed by atoms with Crippen molar-refractivity contribution in [2.45, 2.75) is 25.2 Å². The molecule has 0 N–H and O–H groups in total. The molecule has 0 rings (SSSR count). The van der Waals surface area contributed by atoms with Crippen LogP contribution < -0.4 is 19.6 Å². The Labute approximate surface area is 69.9 Å². The zero-order valence-electron chi connectivity index (χ0n) is 6.55. The van der Waals surface area contributed by atoms with Crippen molar-refractivity contribution in [3.63, 3.8) is 0 Å². The van der Waals surface area contributed by atoms with E-state index in [0.29, 0.717) is 6.92 Å². The predicted molar refractivity (Wildman–Crippen MR) is 33.9 cm³/mol. The normalized spacial score (nSPS) is 14.8. The lowest BCUT2D eigenvalue weighted by molar-refractivity contribution is -0.335. The largest absolute Gasteiger partial charge is 0.810 e. The molecule has 0 saturated carbocycles. The predicted octanol–water partition coefficient (Wildman–Crippen LogP) is -2.06. The van der Waals surface area contributed by atoms with Crippen molar-refractivity contribution in [1.29, 1.82) is 0 Å². The molecular formula is C4H8O6P2-4. The summed E-state index contributed by atoms with van der Waals surface area (Å²) >= 11 is 0. The summed E-state index contributed by atoms with van der Waals surface area (Å²) in [6.45, 7) is 1.79. The van der Waals surface area contributed by atoms with E-state index in [-0.39, 0.29) is 0 Å². The van der Waals surface area contributed by atoms with Crippen LogP contribution in [0.1, 0.15) is 20.3 Å². The summed E-state index contributed by atoms with van der Waals surface area (Å²) in [5.41, 5.74) is 0. The lowest BCUT2D eigenvalue weighted by Gasteiger charge is -2.57. The minimum absolute atomic E-state index is 0.526. The molecular weight excluding hydrogens is 206 g/mol. The maximum absolute atomic E-state index is 10.4. The fraction of sp³-hybridized carbons (Fsp3) is 1.00. The van der Waals surface area contributed by atoms with E-state index in [9.17, 15) is 28.7 Å². The molecule has 8 heteroatoms. The third-order valence-corrected chi connectivity index (χ3v) is 6.31. The highest BCUT2D eigenvalue weighted by Gasteiger charge is 2.30. The van der Waals surface area contributed by atoms with Gasteiger partial charge >= 0.3 is 0 Å². The molecule has 0 fully saturated rings. The minimum Gasteiger partial charge on any atom is -0.810 e. The fourth-order valence-electron chi connectivity index (χ4n) is 0.537. The molecule has 0 aromatic carbocycles. The minimum atomic E-state index is -5.40. The van der Waals surface area contributed by atoms with Crippen LogP contribution in [0.5, 0.6) is 0 Å². The van der Waals surface area contributed by atoms with Gasteiger partial charge in [0.2, 0.25) is 0 Å². The van der Waals surface area contributed by atoms with Crippen molar-refractivity contribution in [3.8, 4) is 0 Å². The first-order chi connectivity index (χ1) is 5.06. The van der Waals surface area contributed by atoms with Gasteiger partial charge < -0.3 is 28.7 Å². The SMILES string of the molecule is CCC(C)(P(=O)([O-])[O-])P(=O)([O-])[O-]. The van der Waals surface area contributed by atoms with Gasteiger partial charge in [-0.15, -0.1) is 0 Å². The molecule has 0 saturated heterocycles. The van der Waals surface area contributed by atoms with Gasteiger partial charge in [0.25, 0.3) is 0 Å². The molecule has 0 aliphatic rings. The molecule has 0 radical (unpaired) electrons. The maximum atomic E-state index is 10.4. The first kappa shape index (κ1) is 12.3. The average Bonchev–Trinajstić information content (AvgIpc) is 1.81. The Balaban J connectivity index is 5.25. The van der Waals surface area contributed by atoms with Crippen LogP contribution >= 0.6 is 15.2 Å². The lowest BCUT2D eigenvalue weighted by atomic mass is 10.4. The van der Waals surface area contributed by atoms with Crippen molar-refractivity contribution in [2.75, 3.05) is 0 Å². The molecule has 0 aliphatic carbocycles. The number of rotatable bonds is 3. The maximum Gasteiger partial charge on any atom is 0.0225 e. The smallest absolute Gasteiger partial charge is 0.0225 e. The molecule has 0 aromatic heterocycles. The summed E-state index contributed by atoms with van der Waals surface area (Å²) in [4.78, 5) is 39.0. The zero-order valence-corrected chi connectivity index (χ0v) is 8.34. The van der Waals surface area contributed by atoms with Crippen LogP contribution in [0, 0.1) is 0 Å². The van der Waals surface area contributed by atoms with E-state index in [0.717, 1.165) is 6.92 Å². The molecule has 0 aromatic rings. The van der Waals surface area contributed by atoms with Gasteiger partial charge in [-0.2, -0.15) is 0 Å². The summed E-state index contributed by atoms with van der Waals surface area (Å²) in [6, 6.07) is 0. The van der Waals surface area contributed by atoms with Gasteiger partial charge in [0, 0.05) is 4.90 Å². The number of hydrogen-bond donors (Lipinski definition) is 0. The van der Waals surface area contributed by atoms with Gasteiger partial charge in [0.05, 0.1) is 0 Å². The van der Waals surface area contributed by atoms with Crippen LogP contribution in [0.3, 0.4) is 0 Å². The number of hydrogen-bond acceptors (Lipinski definition) is 6. The van der Waals surface area contributed by atoms with Crippen molar-refractivity contribution >= 4 is 15.2 Å². The van der Waals surface area contributed by atoms with Crippen molar-refractivity contribution in [1.82, 2.24) is 0 Å². The standard InChI is InChI=1S/C4H12O6P2/c1-3-4(2,11(5,6)7)12(8,9)10/h3H2,1-2H3,(H2,5,6,7)(H2,8,9,10)/p-4. The van der Waals surface area contributed by atoms with Gasteiger partial charge in [-0.3, -0.25) is 0 Å². The lowest BCUT2D eigenvalue weighted by Crippen LogP contribution is -2.42. The quantitative estimate of drug-likeness (QED) is 0.497. The van der Waals surface area contributed by atoms with E-state index in [4.69, 9.17) is 0 Å². The third kappa shape index (κ3) is 1.96. The van der Waals surface area contributed by atoms with Gasteiger partial charge in [-0.05, 0) is 6.42 Å². The Morgan fingerprint density at radius 3 is 1.33 bits per heavy atom.